The maximum absolute atomic E-state index is 11.8. The molecule has 1 heterocycles. The van der Waals surface area contributed by atoms with Gasteiger partial charge in [0.2, 0.25) is 5.91 Å². The zero-order chi connectivity index (χ0) is 17.3. The van der Waals surface area contributed by atoms with Gasteiger partial charge >= 0.3 is 5.97 Å². The molecule has 132 valence electrons. The lowest BCUT2D eigenvalue weighted by atomic mass is 9.49. The SMILES string of the molecule is C[C@]12CCC(=O)NC1=C(Cl)C[C@@H]1[C@H]2CC[C@]2(C)C(C(=O)O)CC[C@@H]12. The van der Waals surface area contributed by atoms with E-state index in [1.807, 2.05) is 0 Å². The molecule has 1 saturated heterocycles. The van der Waals surface area contributed by atoms with E-state index < -0.39 is 5.97 Å². The Labute approximate surface area is 148 Å². The first-order valence-electron chi connectivity index (χ1n) is 9.19. The zero-order valence-corrected chi connectivity index (χ0v) is 15.2. The molecule has 4 rings (SSSR count). The largest absolute Gasteiger partial charge is 0.481 e. The fourth-order valence-electron chi connectivity index (χ4n) is 6.67. The second kappa shape index (κ2) is 5.23. The van der Waals surface area contributed by atoms with Crippen LogP contribution in [0.25, 0.3) is 0 Å². The molecule has 0 radical (unpaired) electrons. The molecule has 5 heteroatoms. The van der Waals surface area contributed by atoms with Gasteiger partial charge in [-0.15, -0.1) is 0 Å². The van der Waals surface area contributed by atoms with Crippen molar-refractivity contribution in [2.24, 2.45) is 34.5 Å². The summed E-state index contributed by atoms with van der Waals surface area (Å²) in [6.45, 7) is 4.45. The highest BCUT2D eigenvalue weighted by Crippen LogP contribution is 2.66. The van der Waals surface area contributed by atoms with Crippen LogP contribution in [-0.2, 0) is 9.59 Å². The van der Waals surface area contributed by atoms with Gasteiger partial charge in [0.1, 0.15) is 0 Å². The van der Waals surface area contributed by atoms with Crippen molar-refractivity contribution >= 4 is 23.5 Å². The van der Waals surface area contributed by atoms with Crippen molar-refractivity contribution in [3.63, 3.8) is 0 Å². The summed E-state index contributed by atoms with van der Waals surface area (Å²) >= 11 is 6.65. The zero-order valence-electron chi connectivity index (χ0n) is 14.4. The van der Waals surface area contributed by atoms with Crippen LogP contribution in [0.1, 0.15) is 58.8 Å². The van der Waals surface area contributed by atoms with E-state index in [2.05, 4.69) is 19.2 Å². The summed E-state index contributed by atoms with van der Waals surface area (Å²) in [6.07, 6.45) is 6.03. The highest BCUT2D eigenvalue weighted by atomic mass is 35.5. The average molecular weight is 352 g/mol. The number of aliphatic carboxylic acids is 1. The number of carbonyl (C=O) groups is 2. The Hall–Kier alpha value is -1.03. The third-order valence-corrected chi connectivity index (χ3v) is 8.29. The molecule has 2 saturated carbocycles. The van der Waals surface area contributed by atoms with Gasteiger partial charge in [0, 0.05) is 22.6 Å². The third-order valence-electron chi connectivity index (χ3n) is 7.95. The molecule has 3 aliphatic carbocycles. The number of hydrogen-bond donors (Lipinski definition) is 2. The molecule has 0 aromatic carbocycles. The second-order valence-corrected chi connectivity index (χ2v) is 9.30. The minimum absolute atomic E-state index is 0.0590. The van der Waals surface area contributed by atoms with Crippen LogP contribution in [0.3, 0.4) is 0 Å². The first kappa shape index (κ1) is 16.4. The van der Waals surface area contributed by atoms with Crippen LogP contribution < -0.4 is 5.32 Å². The third kappa shape index (κ3) is 2.04. The summed E-state index contributed by atoms with van der Waals surface area (Å²) < 4.78 is 0. The van der Waals surface area contributed by atoms with E-state index in [-0.39, 0.29) is 22.7 Å². The van der Waals surface area contributed by atoms with Crippen molar-refractivity contribution in [3.05, 3.63) is 10.7 Å². The quantitative estimate of drug-likeness (QED) is 0.752. The number of fused-ring (bicyclic) bond motifs is 5. The molecule has 0 aromatic heterocycles. The molecule has 1 amide bonds. The lowest BCUT2D eigenvalue weighted by Gasteiger charge is -2.57. The predicted octanol–water partition coefficient (Wildman–Crippen LogP) is 3.90. The first-order chi connectivity index (χ1) is 11.3. The highest BCUT2D eigenvalue weighted by molar-refractivity contribution is 6.30. The monoisotopic (exact) mass is 351 g/mol. The maximum atomic E-state index is 11.8. The van der Waals surface area contributed by atoms with Gasteiger partial charge in [0.25, 0.3) is 0 Å². The van der Waals surface area contributed by atoms with E-state index in [0.717, 1.165) is 49.3 Å². The number of amides is 1. The van der Waals surface area contributed by atoms with Crippen molar-refractivity contribution in [2.45, 2.75) is 58.8 Å². The van der Waals surface area contributed by atoms with Gasteiger partial charge in [-0.05, 0) is 61.7 Å². The smallest absolute Gasteiger partial charge is 0.307 e. The molecular formula is C19H26ClNO3. The van der Waals surface area contributed by atoms with Crippen LogP contribution in [-0.4, -0.2) is 17.0 Å². The number of hydrogen-bond acceptors (Lipinski definition) is 2. The molecule has 6 atom stereocenters. The first-order valence-corrected chi connectivity index (χ1v) is 9.57. The Morgan fingerprint density at radius 2 is 1.96 bits per heavy atom. The van der Waals surface area contributed by atoms with Crippen molar-refractivity contribution < 1.29 is 14.7 Å². The Morgan fingerprint density at radius 1 is 1.21 bits per heavy atom. The van der Waals surface area contributed by atoms with Crippen LogP contribution >= 0.6 is 11.6 Å². The lowest BCUT2D eigenvalue weighted by Crippen LogP contribution is -2.54. The van der Waals surface area contributed by atoms with Crippen LogP contribution in [0.15, 0.2) is 10.7 Å². The Morgan fingerprint density at radius 3 is 2.67 bits per heavy atom. The van der Waals surface area contributed by atoms with E-state index in [1.165, 1.54) is 0 Å². The second-order valence-electron chi connectivity index (χ2n) is 8.84. The van der Waals surface area contributed by atoms with E-state index >= 15 is 0 Å². The summed E-state index contributed by atoms with van der Waals surface area (Å²) in [4.78, 5) is 23.6. The van der Waals surface area contributed by atoms with E-state index in [0.29, 0.717) is 24.2 Å². The molecule has 0 aromatic rings. The van der Waals surface area contributed by atoms with Crippen molar-refractivity contribution in [1.82, 2.24) is 5.32 Å². The van der Waals surface area contributed by atoms with E-state index in [9.17, 15) is 14.7 Å². The average Bonchev–Trinajstić information content (AvgIpc) is 2.87. The van der Waals surface area contributed by atoms with Gasteiger partial charge in [0.15, 0.2) is 0 Å². The Kier molecular flexibility index (Phi) is 3.58. The summed E-state index contributed by atoms with van der Waals surface area (Å²) in [5.41, 5.74) is 0.796. The van der Waals surface area contributed by atoms with Gasteiger partial charge < -0.3 is 10.4 Å². The van der Waals surface area contributed by atoms with Gasteiger partial charge in [-0.1, -0.05) is 25.4 Å². The van der Waals surface area contributed by atoms with Crippen molar-refractivity contribution in [3.8, 4) is 0 Å². The fourth-order valence-corrected chi connectivity index (χ4v) is 7.11. The molecule has 1 unspecified atom stereocenters. The predicted molar refractivity (Wildman–Crippen MR) is 91.2 cm³/mol. The summed E-state index contributed by atoms with van der Waals surface area (Å²) in [5, 5.41) is 13.5. The van der Waals surface area contributed by atoms with Crippen LogP contribution in [0.2, 0.25) is 0 Å². The Bertz CT molecular complexity index is 645. The molecule has 4 nitrogen and oxygen atoms in total. The summed E-state index contributed by atoms with van der Waals surface area (Å²) in [7, 11) is 0. The van der Waals surface area contributed by atoms with Gasteiger partial charge in [-0.2, -0.15) is 0 Å². The lowest BCUT2D eigenvalue weighted by molar-refractivity contribution is -0.149. The molecule has 24 heavy (non-hydrogen) atoms. The van der Waals surface area contributed by atoms with E-state index in [1.54, 1.807) is 0 Å². The van der Waals surface area contributed by atoms with Crippen LogP contribution in [0.5, 0.6) is 0 Å². The molecular weight excluding hydrogens is 326 g/mol. The van der Waals surface area contributed by atoms with Gasteiger partial charge in [0.05, 0.1) is 5.92 Å². The van der Waals surface area contributed by atoms with Crippen LogP contribution in [0, 0.1) is 34.5 Å². The van der Waals surface area contributed by atoms with Crippen molar-refractivity contribution in [2.75, 3.05) is 0 Å². The number of piperidine rings is 1. The molecule has 2 N–H and O–H groups in total. The van der Waals surface area contributed by atoms with Gasteiger partial charge in [-0.25, -0.2) is 0 Å². The molecule has 0 bridgehead atoms. The number of nitrogens with one attached hydrogen (secondary N) is 1. The maximum Gasteiger partial charge on any atom is 0.307 e. The number of rotatable bonds is 1. The number of allylic oxidation sites excluding steroid dienone is 2. The van der Waals surface area contributed by atoms with Crippen molar-refractivity contribution in [1.29, 1.82) is 0 Å². The molecule has 0 spiro atoms. The molecule has 1 aliphatic heterocycles. The summed E-state index contributed by atoms with van der Waals surface area (Å²) in [6, 6.07) is 0. The Balaban J connectivity index is 1.72. The topological polar surface area (TPSA) is 66.4 Å². The summed E-state index contributed by atoms with van der Waals surface area (Å²) in [5.74, 6) is 0.610. The van der Waals surface area contributed by atoms with E-state index in [4.69, 9.17) is 11.6 Å². The number of halogens is 1. The highest BCUT2D eigenvalue weighted by Gasteiger charge is 2.61. The number of carboxylic acid groups (broad SMARTS) is 1. The van der Waals surface area contributed by atoms with Gasteiger partial charge in [-0.3, -0.25) is 9.59 Å². The fraction of sp³-hybridized carbons (Fsp3) is 0.789. The number of carbonyl (C=O) groups excluding carboxylic acids is 1. The minimum atomic E-state index is -0.632. The standard InChI is InChI=1S/C19H26ClNO3/c1-18-7-5-12-10(11(18)3-4-13(18)17(23)24)9-14(20)16-19(12,2)8-6-15(22)21-16/h10-13H,3-9H2,1-2H3,(H,21,22)(H,23,24)/t10-,11-,12+,13?,18-,19+/m0/s1. The minimum Gasteiger partial charge on any atom is -0.481 e. The molecule has 3 fully saturated rings. The van der Waals surface area contributed by atoms with Crippen LogP contribution in [0.4, 0.5) is 0 Å². The number of carboxylic acids is 1. The normalized spacial score (nSPS) is 47.5. The molecule has 4 aliphatic rings.